The number of rotatable bonds is 7. The molecule has 1 atom stereocenters. The van der Waals surface area contributed by atoms with E-state index in [1.807, 2.05) is 38.3 Å². The van der Waals surface area contributed by atoms with E-state index >= 15 is 0 Å². The molecule has 0 aliphatic carbocycles. The summed E-state index contributed by atoms with van der Waals surface area (Å²) in [6, 6.07) is 9.55. The maximum atomic E-state index is 12.5. The zero-order valence-corrected chi connectivity index (χ0v) is 15.6. The van der Waals surface area contributed by atoms with Crippen molar-refractivity contribution in [3.8, 4) is 0 Å². The second-order valence-electron chi connectivity index (χ2n) is 5.95. The molecule has 0 saturated heterocycles. The molecule has 2 rings (SSSR count). The van der Waals surface area contributed by atoms with Gasteiger partial charge in [-0.25, -0.2) is 8.42 Å². The summed E-state index contributed by atoms with van der Waals surface area (Å²) in [7, 11) is -3.75. The van der Waals surface area contributed by atoms with Crippen molar-refractivity contribution in [3.05, 3.63) is 52.2 Å². The van der Waals surface area contributed by atoms with Crippen LogP contribution in [0.4, 0.5) is 0 Å². The minimum absolute atomic E-state index is 0.157. The molecule has 1 aromatic carbocycles. The summed E-state index contributed by atoms with van der Waals surface area (Å²) in [6.45, 7) is 5.91. The number of thiophene rings is 1. The van der Waals surface area contributed by atoms with Crippen molar-refractivity contribution in [1.29, 1.82) is 0 Å². The van der Waals surface area contributed by atoms with Gasteiger partial charge in [0.25, 0.3) is 0 Å². The van der Waals surface area contributed by atoms with Gasteiger partial charge in [0, 0.05) is 4.88 Å². The summed E-state index contributed by atoms with van der Waals surface area (Å²) in [4.78, 5) is 13.6. The highest BCUT2D eigenvalue weighted by Crippen LogP contribution is 2.14. The molecule has 2 N–H and O–H groups in total. The first-order valence-electron chi connectivity index (χ1n) is 7.68. The normalized spacial score (nSPS) is 13.0. The molecule has 24 heavy (non-hydrogen) atoms. The molecular formula is C17H22N2O3S2. The summed E-state index contributed by atoms with van der Waals surface area (Å²) in [6.07, 6.45) is 0. The predicted octanol–water partition coefficient (Wildman–Crippen LogP) is 2.68. The van der Waals surface area contributed by atoms with Crippen LogP contribution in [-0.2, 0) is 21.4 Å². The van der Waals surface area contributed by atoms with Crippen molar-refractivity contribution in [2.45, 2.75) is 38.3 Å². The van der Waals surface area contributed by atoms with Gasteiger partial charge in [-0.3, -0.25) is 4.79 Å². The number of carbonyl (C=O) groups is 1. The van der Waals surface area contributed by atoms with Crippen molar-refractivity contribution in [2.24, 2.45) is 5.92 Å². The topological polar surface area (TPSA) is 75.3 Å². The quantitative estimate of drug-likeness (QED) is 0.791. The molecule has 1 heterocycles. The Morgan fingerprint density at radius 3 is 2.38 bits per heavy atom. The van der Waals surface area contributed by atoms with E-state index in [1.54, 1.807) is 35.6 Å². The molecule has 7 heteroatoms. The van der Waals surface area contributed by atoms with Gasteiger partial charge < -0.3 is 5.32 Å². The second kappa shape index (κ2) is 7.92. The van der Waals surface area contributed by atoms with E-state index in [0.29, 0.717) is 6.54 Å². The van der Waals surface area contributed by atoms with E-state index < -0.39 is 16.1 Å². The molecule has 0 unspecified atom stereocenters. The van der Waals surface area contributed by atoms with Crippen molar-refractivity contribution in [3.63, 3.8) is 0 Å². The number of nitrogens with one attached hydrogen (secondary N) is 2. The van der Waals surface area contributed by atoms with Gasteiger partial charge in [0.2, 0.25) is 15.9 Å². The van der Waals surface area contributed by atoms with E-state index in [-0.39, 0.29) is 16.7 Å². The third-order valence-corrected chi connectivity index (χ3v) is 5.91. The van der Waals surface area contributed by atoms with Gasteiger partial charge >= 0.3 is 0 Å². The van der Waals surface area contributed by atoms with Gasteiger partial charge in [-0.05, 0) is 36.4 Å². The molecular weight excluding hydrogens is 344 g/mol. The summed E-state index contributed by atoms with van der Waals surface area (Å²) in [5.74, 6) is -0.498. The fourth-order valence-corrected chi connectivity index (χ4v) is 4.13. The van der Waals surface area contributed by atoms with E-state index in [2.05, 4.69) is 10.0 Å². The van der Waals surface area contributed by atoms with E-state index in [1.165, 1.54) is 0 Å². The molecule has 0 spiro atoms. The zero-order chi connectivity index (χ0) is 17.7. The lowest BCUT2D eigenvalue weighted by Crippen LogP contribution is -2.49. The number of amides is 1. The Labute approximate surface area is 147 Å². The molecule has 1 aromatic heterocycles. The Hall–Kier alpha value is -1.70. The van der Waals surface area contributed by atoms with Crippen LogP contribution in [0.15, 0.2) is 46.7 Å². The lowest BCUT2D eigenvalue weighted by Gasteiger charge is -2.21. The number of carbonyl (C=O) groups excluding carboxylic acids is 1. The average Bonchev–Trinajstić information content (AvgIpc) is 3.04. The van der Waals surface area contributed by atoms with E-state index in [4.69, 9.17) is 0 Å². The first kappa shape index (κ1) is 18.6. The molecule has 0 radical (unpaired) electrons. The smallest absolute Gasteiger partial charge is 0.241 e. The van der Waals surface area contributed by atoms with Crippen molar-refractivity contribution in [1.82, 2.24) is 10.0 Å². The van der Waals surface area contributed by atoms with Gasteiger partial charge in [0.05, 0.1) is 11.4 Å². The standard InChI is InChI=1S/C17H22N2O3S2/c1-12(2)16(17(20)18-11-14-5-4-10-23-14)19-24(21,22)15-8-6-13(3)7-9-15/h4-10,12,16,19H,11H2,1-3H3,(H,18,20)/t16-/m0/s1. The monoisotopic (exact) mass is 366 g/mol. The highest BCUT2D eigenvalue weighted by Gasteiger charge is 2.28. The van der Waals surface area contributed by atoms with Crippen LogP contribution in [0, 0.1) is 12.8 Å². The molecule has 0 aliphatic rings. The average molecular weight is 367 g/mol. The van der Waals surface area contributed by atoms with Crippen LogP contribution >= 0.6 is 11.3 Å². The van der Waals surface area contributed by atoms with Gasteiger partial charge in [-0.15, -0.1) is 11.3 Å². The SMILES string of the molecule is Cc1ccc(S(=O)(=O)N[C@H](C(=O)NCc2cccs2)C(C)C)cc1. The van der Waals surface area contributed by atoms with Crippen LogP contribution in [0.5, 0.6) is 0 Å². The van der Waals surface area contributed by atoms with Crippen molar-refractivity contribution in [2.75, 3.05) is 0 Å². The fourth-order valence-electron chi connectivity index (χ4n) is 2.14. The zero-order valence-electron chi connectivity index (χ0n) is 13.9. The highest BCUT2D eigenvalue weighted by molar-refractivity contribution is 7.89. The van der Waals surface area contributed by atoms with Crippen LogP contribution in [0.1, 0.15) is 24.3 Å². The molecule has 0 aliphatic heterocycles. The third-order valence-electron chi connectivity index (χ3n) is 3.58. The number of hydrogen-bond donors (Lipinski definition) is 2. The maximum Gasteiger partial charge on any atom is 0.241 e. The molecule has 0 fully saturated rings. The largest absolute Gasteiger partial charge is 0.350 e. The van der Waals surface area contributed by atoms with Gasteiger partial charge in [0.1, 0.15) is 6.04 Å². The Kier molecular flexibility index (Phi) is 6.15. The Bertz CT molecular complexity index is 767. The molecule has 5 nitrogen and oxygen atoms in total. The minimum atomic E-state index is -3.75. The van der Waals surface area contributed by atoms with Gasteiger partial charge in [-0.1, -0.05) is 37.6 Å². The van der Waals surface area contributed by atoms with Gasteiger partial charge in [0.15, 0.2) is 0 Å². The number of sulfonamides is 1. The van der Waals surface area contributed by atoms with Crippen LogP contribution in [0.25, 0.3) is 0 Å². The number of benzene rings is 1. The summed E-state index contributed by atoms with van der Waals surface area (Å²) in [5.41, 5.74) is 0.975. The van der Waals surface area contributed by atoms with Crippen LogP contribution in [-0.4, -0.2) is 20.4 Å². The Balaban J connectivity index is 2.09. The third kappa shape index (κ3) is 4.90. The first-order chi connectivity index (χ1) is 11.3. The second-order valence-corrected chi connectivity index (χ2v) is 8.70. The fraction of sp³-hybridized carbons (Fsp3) is 0.353. The van der Waals surface area contributed by atoms with E-state index in [0.717, 1.165) is 10.4 Å². The molecule has 0 saturated carbocycles. The van der Waals surface area contributed by atoms with Crippen molar-refractivity contribution < 1.29 is 13.2 Å². The Morgan fingerprint density at radius 2 is 1.83 bits per heavy atom. The van der Waals surface area contributed by atoms with Crippen LogP contribution < -0.4 is 10.0 Å². The lowest BCUT2D eigenvalue weighted by molar-refractivity contribution is -0.123. The first-order valence-corrected chi connectivity index (χ1v) is 10.0. The molecule has 0 bridgehead atoms. The maximum absolute atomic E-state index is 12.5. The number of hydrogen-bond acceptors (Lipinski definition) is 4. The Morgan fingerprint density at radius 1 is 1.17 bits per heavy atom. The van der Waals surface area contributed by atoms with Crippen LogP contribution in [0.3, 0.4) is 0 Å². The van der Waals surface area contributed by atoms with Crippen molar-refractivity contribution >= 4 is 27.3 Å². The summed E-state index contributed by atoms with van der Waals surface area (Å²) in [5, 5.41) is 4.73. The molecule has 2 aromatic rings. The predicted molar refractivity (Wildman–Crippen MR) is 96.3 cm³/mol. The lowest BCUT2D eigenvalue weighted by atomic mass is 10.1. The molecule has 1 amide bonds. The minimum Gasteiger partial charge on any atom is -0.350 e. The molecule has 130 valence electrons. The van der Waals surface area contributed by atoms with Gasteiger partial charge in [-0.2, -0.15) is 4.72 Å². The summed E-state index contributed by atoms with van der Waals surface area (Å²) < 4.78 is 27.5. The van der Waals surface area contributed by atoms with E-state index in [9.17, 15) is 13.2 Å². The van der Waals surface area contributed by atoms with Crippen LogP contribution in [0.2, 0.25) is 0 Å². The summed E-state index contributed by atoms with van der Waals surface area (Å²) >= 11 is 1.54. The number of aryl methyl sites for hydroxylation is 1. The highest BCUT2D eigenvalue weighted by atomic mass is 32.2.